The van der Waals surface area contributed by atoms with Crippen LogP contribution in [-0.2, 0) is 0 Å². The quantitative estimate of drug-likeness (QED) is 0.487. The van der Waals surface area contributed by atoms with Gasteiger partial charge < -0.3 is 0 Å². The Kier molecular flexibility index (Phi) is 6.74. The summed E-state index contributed by atoms with van der Waals surface area (Å²) in [6, 6.07) is 4.58. The van der Waals surface area contributed by atoms with Gasteiger partial charge in [-0.15, -0.1) is 11.3 Å². The van der Waals surface area contributed by atoms with E-state index in [2.05, 4.69) is 26.1 Å². The maximum Gasteiger partial charge on any atom is 0.134 e. The Balaban J connectivity index is 2.46. The molecule has 0 saturated heterocycles. The van der Waals surface area contributed by atoms with Gasteiger partial charge in [-0.25, -0.2) is 4.39 Å². The molecule has 0 bridgehead atoms. The fraction of sp³-hybridized carbons (Fsp3) is 0.667. The van der Waals surface area contributed by atoms with E-state index in [1.54, 1.807) is 0 Å². The van der Waals surface area contributed by atoms with E-state index in [-0.39, 0.29) is 5.82 Å². The van der Waals surface area contributed by atoms with Gasteiger partial charge in [0.05, 0.1) is 8.07 Å². The summed E-state index contributed by atoms with van der Waals surface area (Å²) in [6.45, 7) is 6.66. The zero-order valence-corrected chi connectivity index (χ0v) is 14.1. The van der Waals surface area contributed by atoms with Gasteiger partial charge in [-0.05, 0) is 0 Å². The van der Waals surface area contributed by atoms with Crippen LogP contribution in [0.5, 0.6) is 0 Å². The van der Waals surface area contributed by atoms with E-state index in [1.165, 1.54) is 55.9 Å². The molecule has 0 spiro atoms. The smallest absolute Gasteiger partial charge is 0.134 e. The van der Waals surface area contributed by atoms with Crippen molar-refractivity contribution in [1.82, 2.24) is 0 Å². The third-order valence-electron chi connectivity index (χ3n) is 3.57. The van der Waals surface area contributed by atoms with Crippen LogP contribution in [0.4, 0.5) is 4.39 Å². The Morgan fingerprint density at radius 2 is 1.84 bits per heavy atom. The van der Waals surface area contributed by atoms with Crippen LogP contribution < -0.4 is 4.50 Å². The molecule has 0 fully saturated rings. The SMILES string of the molecule is CCCCCCCC[Si](C)(C)c1sc(C#N)cc1F. The highest BCUT2D eigenvalue weighted by atomic mass is 32.1. The summed E-state index contributed by atoms with van der Waals surface area (Å²) in [5, 5.41) is 8.85. The molecule has 0 aliphatic carbocycles. The van der Waals surface area contributed by atoms with Crippen molar-refractivity contribution in [3.63, 3.8) is 0 Å². The van der Waals surface area contributed by atoms with Crippen LogP contribution in [0.1, 0.15) is 50.3 Å². The molecule has 1 aromatic heterocycles. The number of nitrogens with zero attached hydrogens (tertiary/aromatic N) is 1. The van der Waals surface area contributed by atoms with E-state index >= 15 is 0 Å². The summed E-state index contributed by atoms with van der Waals surface area (Å²) in [4.78, 5) is 0.510. The van der Waals surface area contributed by atoms with Crippen molar-refractivity contribution in [2.24, 2.45) is 0 Å². The standard InChI is InChI=1S/C15H24FNSSi/c1-4-5-6-7-8-9-10-19(2,3)15-14(16)11-13(12-17)18-15/h11H,4-10H2,1-3H3. The molecule has 0 radical (unpaired) electrons. The highest BCUT2D eigenvalue weighted by molar-refractivity contribution is 7.27. The Labute approximate surface area is 121 Å². The maximum absolute atomic E-state index is 13.9. The van der Waals surface area contributed by atoms with Crippen molar-refractivity contribution in [2.75, 3.05) is 0 Å². The number of halogens is 1. The van der Waals surface area contributed by atoms with Gasteiger partial charge in [0.2, 0.25) is 0 Å². The third kappa shape index (κ3) is 5.08. The number of unbranched alkanes of at least 4 members (excludes halogenated alkanes) is 5. The molecule has 1 aromatic rings. The van der Waals surface area contributed by atoms with E-state index in [9.17, 15) is 4.39 Å². The van der Waals surface area contributed by atoms with Crippen LogP contribution in [0.3, 0.4) is 0 Å². The average molecular weight is 298 g/mol. The molecule has 0 atom stereocenters. The number of rotatable bonds is 8. The summed E-state index contributed by atoms with van der Waals surface area (Å²) in [5.41, 5.74) is 0. The molecule has 0 unspecified atom stereocenters. The van der Waals surface area contributed by atoms with Gasteiger partial charge in [0.15, 0.2) is 0 Å². The summed E-state index contributed by atoms with van der Waals surface area (Å²) < 4.78 is 14.7. The lowest BCUT2D eigenvalue weighted by atomic mass is 10.1. The molecular formula is C15H24FNSSi. The number of hydrogen-bond donors (Lipinski definition) is 0. The van der Waals surface area contributed by atoms with Crippen LogP contribution in [0.25, 0.3) is 0 Å². The molecule has 1 heterocycles. The fourth-order valence-electron chi connectivity index (χ4n) is 2.35. The zero-order valence-electron chi connectivity index (χ0n) is 12.3. The summed E-state index contributed by atoms with van der Waals surface area (Å²) >= 11 is 1.36. The van der Waals surface area contributed by atoms with Gasteiger partial charge >= 0.3 is 0 Å². The first-order valence-electron chi connectivity index (χ1n) is 7.21. The number of thiophene rings is 1. The van der Waals surface area contributed by atoms with Gasteiger partial charge in [-0.3, -0.25) is 0 Å². The van der Waals surface area contributed by atoms with Crippen LogP contribution in [0.15, 0.2) is 6.07 Å². The second-order valence-electron chi connectivity index (χ2n) is 5.80. The van der Waals surface area contributed by atoms with E-state index < -0.39 is 8.07 Å². The Bertz CT molecular complexity index is 434. The normalized spacial score (nSPS) is 11.5. The molecule has 1 nitrogen and oxygen atoms in total. The average Bonchev–Trinajstić information content (AvgIpc) is 2.76. The number of nitriles is 1. The molecule has 0 aromatic carbocycles. The summed E-state index contributed by atoms with van der Waals surface area (Å²) in [7, 11) is -1.70. The Hall–Kier alpha value is -0.663. The Morgan fingerprint density at radius 1 is 1.21 bits per heavy atom. The summed E-state index contributed by atoms with van der Waals surface area (Å²) in [5.74, 6) is -0.149. The van der Waals surface area contributed by atoms with Gasteiger partial charge in [0.1, 0.15) is 16.8 Å². The first-order chi connectivity index (χ1) is 9.01. The van der Waals surface area contributed by atoms with E-state index in [1.807, 2.05) is 0 Å². The second-order valence-corrected chi connectivity index (χ2v) is 12.0. The molecule has 0 aliphatic heterocycles. The van der Waals surface area contributed by atoms with Crippen molar-refractivity contribution in [3.8, 4) is 6.07 Å². The highest BCUT2D eigenvalue weighted by Crippen LogP contribution is 2.22. The minimum absolute atomic E-state index is 0.149. The van der Waals surface area contributed by atoms with Gasteiger partial charge in [-0.1, -0.05) is 64.6 Å². The van der Waals surface area contributed by atoms with Crippen LogP contribution in [0, 0.1) is 17.1 Å². The van der Waals surface area contributed by atoms with Crippen molar-refractivity contribution in [3.05, 3.63) is 16.8 Å². The van der Waals surface area contributed by atoms with E-state index in [0.29, 0.717) is 4.88 Å². The number of hydrogen-bond acceptors (Lipinski definition) is 2. The van der Waals surface area contributed by atoms with Gasteiger partial charge in [0.25, 0.3) is 0 Å². The molecule has 4 heteroatoms. The molecule has 1 rings (SSSR count). The Morgan fingerprint density at radius 3 is 2.42 bits per heavy atom. The predicted octanol–water partition coefficient (Wildman–Crippen LogP) is 5.03. The largest absolute Gasteiger partial charge is 0.206 e. The molecule has 106 valence electrons. The fourth-order valence-corrected chi connectivity index (χ4v) is 6.75. The lowest BCUT2D eigenvalue weighted by Gasteiger charge is -2.20. The predicted molar refractivity (Wildman–Crippen MR) is 84.3 cm³/mol. The minimum Gasteiger partial charge on any atom is -0.206 e. The molecule has 19 heavy (non-hydrogen) atoms. The maximum atomic E-state index is 13.9. The monoisotopic (exact) mass is 297 g/mol. The van der Waals surface area contributed by atoms with Crippen molar-refractivity contribution < 1.29 is 4.39 Å². The lowest BCUT2D eigenvalue weighted by molar-refractivity contribution is 0.621. The van der Waals surface area contributed by atoms with Crippen molar-refractivity contribution in [1.29, 1.82) is 5.26 Å². The van der Waals surface area contributed by atoms with Crippen LogP contribution in [0.2, 0.25) is 19.1 Å². The summed E-state index contributed by atoms with van der Waals surface area (Å²) in [6.07, 6.45) is 7.68. The topological polar surface area (TPSA) is 23.8 Å². The van der Waals surface area contributed by atoms with E-state index in [4.69, 9.17) is 5.26 Å². The molecule has 0 saturated carbocycles. The third-order valence-corrected chi connectivity index (χ3v) is 9.43. The molecule has 0 N–H and O–H groups in total. The molecular weight excluding hydrogens is 273 g/mol. The van der Waals surface area contributed by atoms with Crippen LogP contribution >= 0.6 is 11.3 Å². The zero-order chi connectivity index (χ0) is 14.3. The van der Waals surface area contributed by atoms with E-state index in [0.717, 1.165) is 10.5 Å². The van der Waals surface area contributed by atoms with Crippen molar-refractivity contribution in [2.45, 2.75) is 64.6 Å². The van der Waals surface area contributed by atoms with Gasteiger partial charge in [-0.2, -0.15) is 5.26 Å². The minimum atomic E-state index is -1.70. The molecule has 0 amide bonds. The van der Waals surface area contributed by atoms with Crippen LogP contribution in [-0.4, -0.2) is 8.07 Å². The van der Waals surface area contributed by atoms with Gasteiger partial charge in [0, 0.05) is 10.6 Å². The lowest BCUT2D eigenvalue weighted by Crippen LogP contribution is -2.40. The highest BCUT2D eigenvalue weighted by Gasteiger charge is 2.28. The van der Waals surface area contributed by atoms with Crippen molar-refractivity contribution >= 4 is 23.9 Å². The first kappa shape index (κ1) is 16.4. The first-order valence-corrected chi connectivity index (χ1v) is 11.2. The molecule has 0 aliphatic rings. The second kappa shape index (κ2) is 7.81.